The lowest BCUT2D eigenvalue weighted by Gasteiger charge is -2.36. The number of likely N-dealkylation sites (tertiary alicyclic amines) is 1. The lowest BCUT2D eigenvalue weighted by Crippen LogP contribution is -2.61. The zero-order valence-electron chi connectivity index (χ0n) is 43.9. The average molecular weight is 1100 g/mol. The van der Waals surface area contributed by atoms with Crippen LogP contribution in [-0.2, 0) is 37.1 Å². The number of ether oxygens (including phenoxy) is 1. The van der Waals surface area contributed by atoms with Crippen molar-refractivity contribution in [3.63, 3.8) is 0 Å². The van der Waals surface area contributed by atoms with Crippen molar-refractivity contribution in [1.29, 1.82) is 0 Å². The van der Waals surface area contributed by atoms with Crippen LogP contribution in [0.25, 0.3) is 10.8 Å². The first-order valence-corrected chi connectivity index (χ1v) is 26.8. The topological polar surface area (TPSA) is 211 Å². The van der Waals surface area contributed by atoms with Gasteiger partial charge < -0.3 is 51.3 Å². The molecule has 5 atom stereocenters. The van der Waals surface area contributed by atoms with Gasteiger partial charge in [-0.15, -0.1) is 0 Å². The van der Waals surface area contributed by atoms with Crippen molar-refractivity contribution in [3.8, 4) is 5.75 Å². The number of nitrogens with zero attached hydrogens (tertiary/aromatic N) is 3. The molecule has 400 valence electrons. The Morgan fingerprint density at radius 1 is 0.803 bits per heavy atom. The molecule has 7 amide bonds. The van der Waals surface area contributed by atoms with Gasteiger partial charge in [-0.25, -0.2) is 0 Å². The monoisotopic (exact) mass is 1100 g/mol. The summed E-state index contributed by atoms with van der Waals surface area (Å²) in [6.07, 6.45) is 4.51. The molecule has 5 unspecified atom stereocenters. The van der Waals surface area contributed by atoms with Crippen molar-refractivity contribution < 1.29 is 38.3 Å². The van der Waals surface area contributed by atoms with E-state index in [0.717, 1.165) is 58.5 Å². The van der Waals surface area contributed by atoms with Crippen LogP contribution in [-0.4, -0.2) is 116 Å². The summed E-state index contributed by atoms with van der Waals surface area (Å²) in [5.41, 5.74) is 1.97. The molecular formula is C58H68BrN9O8. The van der Waals surface area contributed by atoms with E-state index >= 15 is 0 Å². The first-order valence-electron chi connectivity index (χ1n) is 26.0. The van der Waals surface area contributed by atoms with Crippen molar-refractivity contribution >= 4 is 79.4 Å². The highest BCUT2D eigenvalue weighted by molar-refractivity contribution is 9.10. The number of rotatable bonds is 17. The van der Waals surface area contributed by atoms with Gasteiger partial charge in [0.15, 0.2) is 0 Å². The molecule has 1 saturated heterocycles. The maximum Gasteiger partial charge on any atom is 0.258 e. The molecule has 0 radical (unpaired) electrons. The van der Waals surface area contributed by atoms with E-state index in [1.807, 2.05) is 60.7 Å². The Kier molecular flexibility index (Phi) is 17.6. The zero-order chi connectivity index (χ0) is 54.3. The van der Waals surface area contributed by atoms with Crippen LogP contribution in [0.4, 0.5) is 11.4 Å². The van der Waals surface area contributed by atoms with Gasteiger partial charge in [-0.05, 0) is 131 Å². The van der Waals surface area contributed by atoms with Gasteiger partial charge in [-0.2, -0.15) is 0 Å². The zero-order valence-corrected chi connectivity index (χ0v) is 45.5. The second-order valence-electron chi connectivity index (χ2n) is 20.4. The van der Waals surface area contributed by atoms with Crippen molar-refractivity contribution in [2.45, 2.75) is 108 Å². The van der Waals surface area contributed by atoms with Gasteiger partial charge in [0.25, 0.3) is 17.7 Å². The Hall–Kier alpha value is -7.15. The third-order valence-corrected chi connectivity index (χ3v) is 15.7. The number of nitrogens with one attached hydrogen (secondary N) is 6. The summed E-state index contributed by atoms with van der Waals surface area (Å²) >= 11 is 3.56. The van der Waals surface area contributed by atoms with E-state index in [-0.39, 0.29) is 67.4 Å². The molecule has 8 rings (SSSR count). The summed E-state index contributed by atoms with van der Waals surface area (Å²) in [6.45, 7) is 5.28. The second-order valence-corrected chi connectivity index (χ2v) is 21.3. The minimum atomic E-state index is -1.17. The van der Waals surface area contributed by atoms with E-state index in [1.54, 1.807) is 71.1 Å². The molecule has 5 aromatic rings. The van der Waals surface area contributed by atoms with Crippen LogP contribution in [0.5, 0.6) is 5.75 Å². The summed E-state index contributed by atoms with van der Waals surface area (Å²) in [7, 11) is 4.90. The Labute approximate surface area is 452 Å². The summed E-state index contributed by atoms with van der Waals surface area (Å²) in [5, 5.41) is 19.7. The average Bonchev–Trinajstić information content (AvgIpc) is 3.83. The van der Waals surface area contributed by atoms with Crippen LogP contribution in [0.1, 0.15) is 91.1 Å². The van der Waals surface area contributed by atoms with E-state index < -0.39 is 59.4 Å². The number of hydrogen-bond donors (Lipinski definition) is 6. The number of methoxy groups -OCH3 is 1. The van der Waals surface area contributed by atoms with Crippen LogP contribution in [0.15, 0.2) is 114 Å². The Morgan fingerprint density at radius 2 is 1.49 bits per heavy atom. The van der Waals surface area contributed by atoms with Crippen LogP contribution in [0.2, 0.25) is 0 Å². The van der Waals surface area contributed by atoms with Gasteiger partial charge in [-0.3, -0.25) is 33.6 Å². The number of likely N-dealkylation sites (N-methyl/N-ethyl adjacent to an activating group) is 2. The highest BCUT2D eigenvalue weighted by atomic mass is 79.9. The smallest absolute Gasteiger partial charge is 0.258 e. The Balaban J connectivity index is 1.05. The maximum absolute atomic E-state index is 14.9. The lowest BCUT2D eigenvalue weighted by atomic mass is 9.82. The van der Waals surface area contributed by atoms with Gasteiger partial charge >= 0.3 is 0 Å². The molecule has 6 N–H and O–H groups in total. The van der Waals surface area contributed by atoms with E-state index in [4.69, 9.17) is 4.74 Å². The van der Waals surface area contributed by atoms with Crippen molar-refractivity contribution in [2.24, 2.45) is 5.92 Å². The number of fused-ring (bicyclic) bond motifs is 2. The number of para-hydroxylation sites is 2. The number of anilines is 2. The fourth-order valence-electron chi connectivity index (χ4n) is 10.3. The maximum atomic E-state index is 14.9. The molecule has 2 heterocycles. The molecule has 3 aliphatic rings. The van der Waals surface area contributed by atoms with E-state index in [9.17, 15) is 33.6 Å². The SMILES string of the molecule is CNC(C)C(=O)NC1CN(C(=O)c2ccc(C(=O)NC3CC(C(=O)NCc4ccccc4)N(C(=O)C(NC(=O)C(C)(C)NC)C4CCCCC4)C3)cc2)c2ccccc2N(Cc2c(OC)ccc3cc(Br)ccc23)C1=O. The molecule has 18 heteroatoms. The number of amides is 7. The standard InChI is InChI=1S/C58H68BrN9O8/c1-35(60-4)51(69)64-45-34-68(47-20-14-13-19-46(47)67(55(45)73)33-44-43-27-26-41(59)29-40(43)25-28-49(44)76-6)54(72)39-23-21-38(22-24-39)52(70)63-42-30-48(53(71)62-31-36-15-9-7-10-16-36)66(32-42)56(74)50(37-17-11-8-12-18-37)65-57(75)58(2,3)61-5/h7,9-10,13-16,19-29,35,37,42,45,48,50,60-61H,8,11-12,17-18,30-34H2,1-6H3,(H,62,71)(H,63,70)(H,64,69)(H,65,75). The minimum absolute atomic E-state index is 0.0268. The molecule has 5 aromatic carbocycles. The molecule has 0 aromatic heterocycles. The van der Waals surface area contributed by atoms with E-state index in [0.29, 0.717) is 17.1 Å². The first kappa shape index (κ1) is 55.1. The van der Waals surface area contributed by atoms with Crippen LogP contribution >= 0.6 is 15.9 Å². The number of carbonyl (C=O) groups excluding carboxylic acids is 7. The van der Waals surface area contributed by atoms with Gasteiger partial charge in [0, 0.05) is 40.3 Å². The number of halogens is 1. The molecule has 2 aliphatic heterocycles. The molecular weight excluding hydrogens is 1030 g/mol. The lowest BCUT2D eigenvalue weighted by molar-refractivity contribution is -0.143. The van der Waals surface area contributed by atoms with Gasteiger partial charge in [0.05, 0.1) is 43.2 Å². The minimum Gasteiger partial charge on any atom is -0.496 e. The normalized spacial score (nSPS) is 18.8. The molecule has 1 saturated carbocycles. The number of hydrogen-bond acceptors (Lipinski definition) is 10. The summed E-state index contributed by atoms with van der Waals surface area (Å²) in [5.74, 6) is -2.46. The first-order chi connectivity index (χ1) is 36.5. The predicted molar refractivity (Wildman–Crippen MR) is 296 cm³/mol. The second kappa shape index (κ2) is 24.2. The predicted octanol–water partition coefficient (Wildman–Crippen LogP) is 5.98. The van der Waals surface area contributed by atoms with Gasteiger partial charge in [0.1, 0.15) is 23.9 Å². The van der Waals surface area contributed by atoms with Crippen LogP contribution in [0.3, 0.4) is 0 Å². The largest absolute Gasteiger partial charge is 0.496 e. The molecule has 1 aliphatic carbocycles. The van der Waals surface area contributed by atoms with Crippen LogP contribution < -0.4 is 46.4 Å². The fraction of sp³-hybridized carbons (Fsp3) is 0.397. The van der Waals surface area contributed by atoms with Gasteiger partial charge in [0.2, 0.25) is 23.6 Å². The summed E-state index contributed by atoms with van der Waals surface area (Å²) in [6, 6.07) is 28.0. The highest BCUT2D eigenvalue weighted by Crippen LogP contribution is 2.38. The molecule has 76 heavy (non-hydrogen) atoms. The Bertz CT molecular complexity index is 2970. The number of carbonyl (C=O) groups is 7. The third-order valence-electron chi connectivity index (χ3n) is 15.2. The summed E-state index contributed by atoms with van der Waals surface area (Å²) < 4.78 is 6.72. The molecule has 0 bridgehead atoms. The van der Waals surface area contributed by atoms with E-state index in [2.05, 4.69) is 47.8 Å². The van der Waals surface area contributed by atoms with Crippen molar-refractivity contribution in [1.82, 2.24) is 36.8 Å². The van der Waals surface area contributed by atoms with Crippen molar-refractivity contribution in [2.75, 3.05) is 44.1 Å². The number of benzene rings is 5. The molecule has 0 spiro atoms. The van der Waals surface area contributed by atoms with Crippen LogP contribution in [0, 0.1) is 5.92 Å². The quantitative estimate of drug-likeness (QED) is 0.0642. The van der Waals surface area contributed by atoms with E-state index in [1.165, 1.54) is 34.1 Å². The van der Waals surface area contributed by atoms with Crippen molar-refractivity contribution in [3.05, 3.63) is 136 Å². The highest BCUT2D eigenvalue weighted by Gasteiger charge is 2.46. The molecule has 17 nitrogen and oxygen atoms in total. The fourth-order valence-corrected chi connectivity index (χ4v) is 10.7. The Morgan fingerprint density at radius 3 is 2.17 bits per heavy atom. The molecule has 2 fully saturated rings. The third kappa shape index (κ3) is 12.2. The van der Waals surface area contributed by atoms with Gasteiger partial charge in [-0.1, -0.05) is 89.8 Å². The summed E-state index contributed by atoms with van der Waals surface area (Å²) in [4.78, 5) is 105.